The zero-order valence-corrected chi connectivity index (χ0v) is 36.2. The molecular formula is C48H55N5O6S. The number of hydrogen-bond acceptors (Lipinski definition) is 11. The van der Waals surface area contributed by atoms with Gasteiger partial charge >= 0.3 is 11.9 Å². The normalized spacial score (nSPS) is 16.6. The first-order chi connectivity index (χ1) is 28.8. The number of para-hydroxylation sites is 1. The first-order valence-electron chi connectivity index (χ1n) is 21.2. The molecule has 1 amide bonds. The zero-order valence-electron chi connectivity index (χ0n) is 35.3. The van der Waals surface area contributed by atoms with E-state index < -0.39 is 11.6 Å². The number of piperidine rings is 1. The average molecular weight is 830 g/mol. The van der Waals surface area contributed by atoms with E-state index in [2.05, 4.69) is 26.2 Å². The summed E-state index contributed by atoms with van der Waals surface area (Å²) in [5, 5.41) is 3.59. The number of carbonyl (C=O) groups excluding carboxylic acids is 3. The number of likely N-dealkylation sites (tertiary alicyclic amines) is 1. The predicted octanol–water partition coefficient (Wildman–Crippen LogP) is 9.26. The first kappa shape index (κ1) is 41.4. The van der Waals surface area contributed by atoms with E-state index in [1.54, 1.807) is 0 Å². The summed E-state index contributed by atoms with van der Waals surface area (Å²) < 4.78 is 18.3. The molecule has 1 N–H and O–H groups in total. The van der Waals surface area contributed by atoms with Crippen molar-refractivity contribution in [2.75, 3.05) is 49.6 Å². The van der Waals surface area contributed by atoms with Crippen molar-refractivity contribution in [3.8, 4) is 16.9 Å². The molecule has 1 spiro atoms. The minimum Gasteiger partial charge on any atom is -0.494 e. The van der Waals surface area contributed by atoms with Crippen LogP contribution < -0.4 is 15.0 Å². The van der Waals surface area contributed by atoms with E-state index in [-0.39, 0.29) is 17.6 Å². The molecule has 1 saturated carbocycles. The van der Waals surface area contributed by atoms with Crippen LogP contribution in [-0.2, 0) is 27.2 Å². The predicted molar refractivity (Wildman–Crippen MR) is 236 cm³/mol. The highest BCUT2D eigenvalue weighted by Gasteiger charge is 2.45. The number of carbonyl (C=O) groups is 3. The van der Waals surface area contributed by atoms with Gasteiger partial charge in [-0.15, -0.1) is 0 Å². The van der Waals surface area contributed by atoms with Gasteiger partial charge in [-0.3, -0.25) is 19.8 Å². The molecule has 2 aliphatic heterocycles. The number of aromatic nitrogens is 2. The van der Waals surface area contributed by atoms with Crippen molar-refractivity contribution in [2.24, 2.45) is 11.3 Å². The quantitative estimate of drug-likeness (QED) is 0.122. The van der Waals surface area contributed by atoms with E-state index in [9.17, 15) is 14.4 Å². The topological polar surface area (TPSA) is 123 Å². The molecule has 0 radical (unpaired) electrons. The largest absolute Gasteiger partial charge is 0.494 e. The molecule has 8 rings (SSSR count). The molecule has 0 unspecified atom stereocenters. The maximum Gasteiger partial charge on any atom is 0.358 e. The number of thiazole rings is 1. The van der Waals surface area contributed by atoms with Crippen LogP contribution >= 0.6 is 11.3 Å². The van der Waals surface area contributed by atoms with Crippen LogP contribution in [0.15, 0.2) is 72.8 Å². The number of nitrogens with one attached hydrogen (secondary N) is 1. The Morgan fingerprint density at radius 1 is 0.933 bits per heavy atom. The highest BCUT2D eigenvalue weighted by molar-refractivity contribution is 7.22. The fourth-order valence-corrected chi connectivity index (χ4v) is 9.99. The van der Waals surface area contributed by atoms with Gasteiger partial charge in [0.2, 0.25) is 0 Å². The molecular weight excluding hydrogens is 775 g/mol. The van der Waals surface area contributed by atoms with Crippen molar-refractivity contribution in [1.82, 2.24) is 14.9 Å². The lowest BCUT2D eigenvalue weighted by Crippen LogP contribution is -2.48. The average Bonchev–Trinajstić information content (AvgIpc) is 3.62. The number of ether oxygens (including phenoxy) is 3. The number of fused-ring (bicyclic) bond motifs is 2. The van der Waals surface area contributed by atoms with Crippen molar-refractivity contribution in [3.63, 3.8) is 0 Å². The highest BCUT2D eigenvalue weighted by atomic mass is 32.1. The number of hydrogen-bond donors (Lipinski definition) is 1. The van der Waals surface area contributed by atoms with Gasteiger partial charge in [-0.1, -0.05) is 41.7 Å². The van der Waals surface area contributed by atoms with Crippen molar-refractivity contribution >= 4 is 50.3 Å². The van der Waals surface area contributed by atoms with Crippen LogP contribution in [0.2, 0.25) is 0 Å². The van der Waals surface area contributed by atoms with Crippen molar-refractivity contribution in [2.45, 2.75) is 85.3 Å². The standard InChI is InChI=1S/C48H55N5O6S/c1-6-57-42(54)30-52-23-20-48(21-24-52)27-32(28-48)19-25-58-34-14-15-35(31(2)26-34)36-16-17-41(50-43(36)45(56)59-47(3,4)5)53-22-18-33-10-9-11-37(38(33)29-53)44(55)51-46-49-39-12-7-8-13-40(39)60-46/h7-17,26,32H,6,18-25,27-30H2,1-5H3,(H,49,51,55). The molecule has 0 bridgehead atoms. The number of pyridine rings is 1. The molecule has 60 heavy (non-hydrogen) atoms. The molecule has 5 aromatic rings. The lowest BCUT2D eigenvalue weighted by molar-refractivity contribution is -0.145. The second-order valence-electron chi connectivity index (χ2n) is 17.6. The van der Waals surface area contributed by atoms with E-state index in [0.29, 0.717) is 66.3 Å². The number of nitrogens with zero attached hydrogens (tertiary/aromatic N) is 4. The fourth-order valence-electron chi connectivity index (χ4n) is 9.13. The molecule has 2 fully saturated rings. The van der Waals surface area contributed by atoms with Gasteiger partial charge in [-0.25, -0.2) is 14.8 Å². The van der Waals surface area contributed by atoms with Crippen molar-refractivity contribution in [3.05, 3.63) is 101 Å². The number of rotatable bonds is 12. The van der Waals surface area contributed by atoms with Crippen LogP contribution in [0.25, 0.3) is 21.3 Å². The maximum absolute atomic E-state index is 13.9. The van der Waals surface area contributed by atoms with E-state index in [1.807, 2.05) is 101 Å². The van der Waals surface area contributed by atoms with Crippen LogP contribution in [0.4, 0.5) is 10.9 Å². The number of aryl methyl sites for hydroxylation is 1. The van der Waals surface area contributed by atoms with Crippen LogP contribution in [0.1, 0.15) is 97.3 Å². The second kappa shape index (κ2) is 17.3. The Morgan fingerprint density at radius 2 is 1.72 bits per heavy atom. The lowest BCUT2D eigenvalue weighted by Gasteiger charge is -2.52. The van der Waals surface area contributed by atoms with Gasteiger partial charge in [0, 0.05) is 24.2 Å². The molecule has 3 aliphatic rings. The van der Waals surface area contributed by atoms with Crippen LogP contribution in [-0.4, -0.2) is 77.7 Å². The van der Waals surface area contributed by atoms with Gasteiger partial charge in [-0.05, 0) is 162 Å². The van der Waals surface area contributed by atoms with Gasteiger partial charge in [0.15, 0.2) is 10.8 Å². The fraction of sp³-hybridized carbons (Fsp3) is 0.438. The summed E-state index contributed by atoms with van der Waals surface area (Å²) in [6.45, 7) is 14.0. The van der Waals surface area contributed by atoms with Crippen molar-refractivity contribution in [1.29, 1.82) is 0 Å². The Balaban J connectivity index is 0.930. The van der Waals surface area contributed by atoms with E-state index >= 15 is 0 Å². The Kier molecular flexibility index (Phi) is 12.0. The highest BCUT2D eigenvalue weighted by Crippen LogP contribution is 2.53. The Hall–Kier alpha value is -5.33. The van der Waals surface area contributed by atoms with Crippen LogP contribution in [0.3, 0.4) is 0 Å². The minimum absolute atomic E-state index is 0.126. The van der Waals surface area contributed by atoms with Gasteiger partial charge in [0.05, 0.1) is 30.0 Å². The number of amides is 1. The summed E-state index contributed by atoms with van der Waals surface area (Å²) in [4.78, 5) is 53.4. The van der Waals surface area contributed by atoms with Crippen LogP contribution in [0.5, 0.6) is 5.75 Å². The van der Waals surface area contributed by atoms with Gasteiger partial charge < -0.3 is 19.1 Å². The van der Waals surface area contributed by atoms with E-state index in [0.717, 1.165) is 77.0 Å². The third-order valence-corrected chi connectivity index (χ3v) is 13.1. The summed E-state index contributed by atoms with van der Waals surface area (Å²) in [7, 11) is 0. The second-order valence-corrected chi connectivity index (χ2v) is 18.6. The summed E-state index contributed by atoms with van der Waals surface area (Å²) >= 11 is 1.45. The lowest BCUT2D eigenvalue weighted by atomic mass is 9.57. The number of benzene rings is 3. The zero-order chi connectivity index (χ0) is 42.0. The summed E-state index contributed by atoms with van der Waals surface area (Å²) in [6, 6.07) is 23.6. The molecule has 4 heterocycles. The Labute approximate surface area is 356 Å². The third-order valence-electron chi connectivity index (χ3n) is 12.1. The monoisotopic (exact) mass is 829 g/mol. The molecule has 1 saturated heterocycles. The molecule has 11 nitrogen and oxygen atoms in total. The number of anilines is 2. The smallest absolute Gasteiger partial charge is 0.358 e. The summed E-state index contributed by atoms with van der Waals surface area (Å²) in [6.07, 6.45) is 6.47. The summed E-state index contributed by atoms with van der Waals surface area (Å²) in [5.74, 6) is 1.28. The van der Waals surface area contributed by atoms with Crippen molar-refractivity contribution < 1.29 is 28.6 Å². The molecule has 0 atom stereocenters. The van der Waals surface area contributed by atoms with Gasteiger partial charge in [-0.2, -0.15) is 0 Å². The van der Waals surface area contributed by atoms with Gasteiger partial charge in [0.1, 0.15) is 17.2 Å². The Bertz CT molecular complexity index is 2360. The van der Waals surface area contributed by atoms with E-state index in [4.69, 9.17) is 19.2 Å². The molecule has 1 aliphatic carbocycles. The van der Waals surface area contributed by atoms with Gasteiger partial charge in [0.25, 0.3) is 5.91 Å². The minimum atomic E-state index is -0.712. The maximum atomic E-state index is 13.9. The van der Waals surface area contributed by atoms with Crippen LogP contribution in [0, 0.1) is 18.3 Å². The third kappa shape index (κ3) is 9.34. The molecule has 3 aromatic carbocycles. The first-order valence-corrected chi connectivity index (χ1v) is 22.1. The SMILES string of the molecule is CCOC(=O)CN1CCC2(CC1)CC(CCOc1ccc(-c3ccc(N4CCc5cccc(C(=O)Nc6nc7ccccc7s6)c5C4)nc3C(=O)OC(C)(C)C)c(C)c1)C2. The summed E-state index contributed by atoms with van der Waals surface area (Å²) in [5.41, 5.74) is 6.00. The number of esters is 2. The molecule has 2 aromatic heterocycles. The molecule has 12 heteroatoms. The van der Waals surface area contributed by atoms with E-state index in [1.165, 1.54) is 24.2 Å². The Morgan fingerprint density at radius 3 is 2.47 bits per heavy atom. The molecule has 314 valence electrons.